The van der Waals surface area contributed by atoms with E-state index in [4.69, 9.17) is 10.2 Å². The SMILES string of the molecule is Nc1cccc2c(F)coc12. The van der Waals surface area contributed by atoms with Crippen LogP contribution in [-0.2, 0) is 0 Å². The van der Waals surface area contributed by atoms with Gasteiger partial charge in [-0.3, -0.25) is 0 Å². The van der Waals surface area contributed by atoms with Crippen LogP contribution in [-0.4, -0.2) is 0 Å². The summed E-state index contributed by atoms with van der Waals surface area (Å²) in [5, 5.41) is 0.435. The van der Waals surface area contributed by atoms with E-state index >= 15 is 0 Å². The van der Waals surface area contributed by atoms with E-state index in [9.17, 15) is 4.39 Å². The first-order chi connectivity index (χ1) is 5.29. The van der Waals surface area contributed by atoms with Gasteiger partial charge < -0.3 is 10.2 Å². The van der Waals surface area contributed by atoms with Gasteiger partial charge in [0.2, 0.25) is 0 Å². The molecule has 0 saturated heterocycles. The molecule has 0 saturated carbocycles. The third kappa shape index (κ3) is 0.774. The highest BCUT2D eigenvalue weighted by atomic mass is 19.1. The zero-order valence-electron chi connectivity index (χ0n) is 5.67. The van der Waals surface area contributed by atoms with Crippen molar-refractivity contribution in [2.24, 2.45) is 0 Å². The molecule has 2 aromatic rings. The molecule has 56 valence electrons. The van der Waals surface area contributed by atoms with Gasteiger partial charge in [0.1, 0.15) is 6.26 Å². The lowest BCUT2D eigenvalue weighted by atomic mass is 10.2. The molecule has 3 heteroatoms. The highest BCUT2D eigenvalue weighted by molar-refractivity contribution is 5.88. The monoisotopic (exact) mass is 151 g/mol. The van der Waals surface area contributed by atoms with Gasteiger partial charge in [-0.1, -0.05) is 6.07 Å². The van der Waals surface area contributed by atoms with Crippen LogP contribution in [0.2, 0.25) is 0 Å². The molecule has 0 bridgehead atoms. The normalized spacial score (nSPS) is 10.6. The van der Waals surface area contributed by atoms with Gasteiger partial charge in [-0.25, -0.2) is 4.39 Å². The number of halogens is 1. The van der Waals surface area contributed by atoms with Crippen molar-refractivity contribution in [2.75, 3.05) is 5.73 Å². The summed E-state index contributed by atoms with van der Waals surface area (Å²) in [5.41, 5.74) is 6.39. The lowest BCUT2D eigenvalue weighted by Crippen LogP contribution is -1.83. The molecule has 0 unspecified atom stereocenters. The molecule has 0 spiro atoms. The summed E-state index contributed by atoms with van der Waals surface area (Å²) >= 11 is 0. The number of nitrogens with two attached hydrogens (primary N) is 1. The predicted molar refractivity (Wildman–Crippen MR) is 40.6 cm³/mol. The number of hydrogen-bond donors (Lipinski definition) is 1. The van der Waals surface area contributed by atoms with Crippen LogP contribution >= 0.6 is 0 Å². The molecule has 1 aromatic heterocycles. The molecule has 1 aromatic carbocycles. The van der Waals surface area contributed by atoms with Crippen LogP contribution in [0, 0.1) is 5.82 Å². The predicted octanol–water partition coefficient (Wildman–Crippen LogP) is 2.15. The van der Waals surface area contributed by atoms with Crippen LogP contribution in [0.4, 0.5) is 10.1 Å². The fourth-order valence-electron chi connectivity index (χ4n) is 1.05. The molecule has 0 amide bonds. The molecular formula is C8H6FNO. The van der Waals surface area contributed by atoms with E-state index in [1.807, 2.05) is 0 Å². The van der Waals surface area contributed by atoms with Gasteiger partial charge in [0.05, 0.1) is 11.1 Å². The standard InChI is InChI=1S/C8H6FNO/c9-6-4-11-8-5(6)2-1-3-7(8)10/h1-4H,10H2. The molecule has 2 N–H and O–H groups in total. The van der Waals surface area contributed by atoms with Crippen molar-refractivity contribution in [3.8, 4) is 0 Å². The van der Waals surface area contributed by atoms with Crippen LogP contribution in [0.1, 0.15) is 0 Å². The van der Waals surface area contributed by atoms with E-state index in [1.165, 1.54) is 0 Å². The van der Waals surface area contributed by atoms with Gasteiger partial charge in [0.15, 0.2) is 11.4 Å². The second-order valence-electron chi connectivity index (χ2n) is 2.31. The van der Waals surface area contributed by atoms with E-state index in [0.717, 1.165) is 6.26 Å². The number of para-hydroxylation sites is 1. The quantitative estimate of drug-likeness (QED) is 0.586. The lowest BCUT2D eigenvalue weighted by molar-refractivity contribution is 0.559. The van der Waals surface area contributed by atoms with Crippen LogP contribution in [0.5, 0.6) is 0 Å². The molecule has 0 aliphatic rings. The van der Waals surface area contributed by atoms with Gasteiger partial charge in [-0.15, -0.1) is 0 Å². The van der Waals surface area contributed by atoms with Crippen molar-refractivity contribution in [1.29, 1.82) is 0 Å². The number of furan rings is 1. The highest BCUT2D eigenvalue weighted by Crippen LogP contribution is 2.24. The third-order valence-corrected chi connectivity index (χ3v) is 1.58. The Morgan fingerprint density at radius 3 is 2.91 bits per heavy atom. The van der Waals surface area contributed by atoms with Gasteiger partial charge in [0.25, 0.3) is 0 Å². The Hall–Kier alpha value is -1.51. The summed E-state index contributed by atoms with van der Waals surface area (Å²) in [6.07, 6.45) is 1.06. The smallest absolute Gasteiger partial charge is 0.169 e. The minimum atomic E-state index is -0.368. The van der Waals surface area contributed by atoms with Crippen molar-refractivity contribution >= 4 is 16.7 Å². The number of fused-ring (bicyclic) bond motifs is 1. The molecular weight excluding hydrogens is 145 g/mol. The summed E-state index contributed by atoms with van der Waals surface area (Å²) in [6.45, 7) is 0. The maximum absolute atomic E-state index is 12.8. The highest BCUT2D eigenvalue weighted by Gasteiger charge is 2.05. The number of nitrogen functional groups attached to an aromatic ring is 1. The topological polar surface area (TPSA) is 39.2 Å². The Balaban J connectivity index is 2.94. The Bertz CT molecular complexity index is 394. The number of hydrogen-bond acceptors (Lipinski definition) is 2. The van der Waals surface area contributed by atoms with E-state index in [-0.39, 0.29) is 5.82 Å². The van der Waals surface area contributed by atoms with Crippen LogP contribution in [0.25, 0.3) is 11.0 Å². The summed E-state index contributed by atoms with van der Waals surface area (Å²) in [5.74, 6) is -0.368. The van der Waals surface area contributed by atoms with E-state index in [1.54, 1.807) is 18.2 Å². The summed E-state index contributed by atoms with van der Waals surface area (Å²) in [4.78, 5) is 0. The fourth-order valence-corrected chi connectivity index (χ4v) is 1.05. The van der Waals surface area contributed by atoms with Crippen molar-refractivity contribution in [3.63, 3.8) is 0 Å². The van der Waals surface area contributed by atoms with Crippen LogP contribution in [0.15, 0.2) is 28.9 Å². The first-order valence-electron chi connectivity index (χ1n) is 3.20. The second-order valence-corrected chi connectivity index (χ2v) is 2.31. The molecule has 0 aliphatic carbocycles. The molecule has 2 rings (SSSR count). The second kappa shape index (κ2) is 1.99. The maximum atomic E-state index is 12.8. The Morgan fingerprint density at radius 1 is 1.36 bits per heavy atom. The molecule has 0 fully saturated rings. The Kier molecular flexibility index (Phi) is 1.12. The first kappa shape index (κ1) is 6.22. The van der Waals surface area contributed by atoms with Crippen LogP contribution in [0.3, 0.4) is 0 Å². The number of rotatable bonds is 0. The van der Waals surface area contributed by atoms with Crippen molar-refractivity contribution in [3.05, 3.63) is 30.3 Å². The molecule has 0 radical (unpaired) electrons. The zero-order valence-corrected chi connectivity index (χ0v) is 5.67. The van der Waals surface area contributed by atoms with Crippen molar-refractivity contribution in [1.82, 2.24) is 0 Å². The number of benzene rings is 1. The Morgan fingerprint density at radius 2 is 2.18 bits per heavy atom. The van der Waals surface area contributed by atoms with Gasteiger partial charge in [0, 0.05) is 0 Å². The minimum Gasteiger partial charge on any atom is -0.459 e. The summed E-state index contributed by atoms with van der Waals surface area (Å²) in [6, 6.07) is 4.99. The molecule has 1 heterocycles. The third-order valence-electron chi connectivity index (χ3n) is 1.58. The fraction of sp³-hybridized carbons (Fsp3) is 0. The minimum absolute atomic E-state index is 0.368. The van der Waals surface area contributed by atoms with E-state index < -0.39 is 0 Å². The van der Waals surface area contributed by atoms with Crippen molar-refractivity contribution < 1.29 is 8.81 Å². The number of anilines is 1. The summed E-state index contributed by atoms with van der Waals surface area (Å²) in [7, 11) is 0. The molecule has 0 aliphatic heterocycles. The van der Waals surface area contributed by atoms with E-state index in [0.29, 0.717) is 16.7 Å². The molecule has 11 heavy (non-hydrogen) atoms. The van der Waals surface area contributed by atoms with E-state index in [2.05, 4.69) is 0 Å². The average Bonchev–Trinajstić information content (AvgIpc) is 2.35. The largest absolute Gasteiger partial charge is 0.459 e. The molecule has 0 atom stereocenters. The van der Waals surface area contributed by atoms with Gasteiger partial charge in [-0.2, -0.15) is 0 Å². The lowest BCUT2D eigenvalue weighted by Gasteiger charge is -1.91. The zero-order chi connectivity index (χ0) is 7.84. The average molecular weight is 151 g/mol. The maximum Gasteiger partial charge on any atom is 0.169 e. The van der Waals surface area contributed by atoms with Crippen LogP contribution < -0.4 is 5.73 Å². The first-order valence-corrected chi connectivity index (χ1v) is 3.20. The summed E-state index contributed by atoms with van der Waals surface area (Å²) < 4.78 is 17.7. The van der Waals surface area contributed by atoms with Gasteiger partial charge >= 0.3 is 0 Å². The Labute approximate surface area is 62.4 Å². The van der Waals surface area contributed by atoms with Gasteiger partial charge in [-0.05, 0) is 12.1 Å². The van der Waals surface area contributed by atoms with Crippen molar-refractivity contribution in [2.45, 2.75) is 0 Å². The molecule has 2 nitrogen and oxygen atoms in total.